The van der Waals surface area contributed by atoms with Gasteiger partial charge in [0, 0.05) is 0 Å². The first-order chi connectivity index (χ1) is 7.61. The van der Waals surface area contributed by atoms with Crippen molar-refractivity contribution in [2.75, 3.05) is 0 Å². The minimum Gasteiger partial charge on any atom is -0.392 e. The van der Waals surface area contributed by atoms with Crippen molar-refractivity contribution < 1.29 is 5.11 Å². The maximum Gasteiger partial charge on any atom is 0.148 e. The smallest absolute Gasteiger partial charge is 0.148 e. The van der Waals surface area contributed by atoms with Crippen molar-refractivity contribution in [1.82, 2.24) is 14.8 Å². The summed E-state index contributed by atoms with van der Waals surface area (Å²) in [7, 11) is 0. The third kappa shape index (κ3) is 1.84. The summed E-state index contributed by atoms with van der Waals surface area (Å²) in [4.78, 5) is 4.26. The van der Waals surface area contributed by atoms with Crippen LogP contribution in [0.5, 0.6) is 0 Å². The number of benzene rings is 1. The fourth-order valence-corrected chi connectivity index (χ4v) is 1.75. The molecule has 0 aliphatic heterocycles. The average molecular weight is 217 g/mol. The first-order valence-corrected chi connectivity index (χ1v) is 5.23. The Labute approximate surface area is 94.6 Å². The van der Waals surface area contributed by atoms with E-state index >= 15 is 0 Å². The number of aliphatic hydroxyl groups excluding tert-OH is 1. The average Bonchev–Trinajstić information content (AvgIpc) is 2.58. The van der Waals surface area contributed by atoms with E-state index in [1.807, 2.05) is 43.7 Å². The molecule has 1 heterocycles. The van der Waals surface area contributed by atoms with Crippen molar-refractivity contribution in [3.63, 3.8) is 0 Å². The van der Waals surface area contributed by atoms with Crippen LogP contribution >= 0.6 is 0 Å². The Bertz CT molecular complexity index is 517. The minimum atomic E-state index is 0.0709. The summed E-state index contributed by atoms with van der Waals surface area (Å²) >= 11 is 0. The zero-order valence-electron chi connectivity index (χ0n) is 9.73. The fourth-order valence-electron chi connectivity index (χ4n) is 1.75. The standard InChI is InChI=1S/C12H15N3O/c1-8-6-12(5-4-11(8)7-16)15-10(3)13-9(2)14-15/h4-6,16H,7H2,1-3H3. The number of rotatable bonds is 2. The van der Waals surface area contributed by atoms with Crippen LogP contribution in [0.2, 0.25) is 0 Å². The van der Waals surface area contributed by atoms with Crippen molar-refractivity contribution in [2.24, 2.45) is 0 Å². The van der Waals surface area contributed by atoms with E-state index in [9.17, 15) is 0 Å². The monoisotopic (exact) mass is 217 g/mol. The summed E-state index contributed by atoms with van der Waals surface area (Å²) in [6.07, 6.45) is 0. The molecule has 0 fully saturated rings. The Kier molecular flexibility index (Phi) is 2.75. The van der Waals surface area contributed by atoms with Crippen molar-refractivity contribution in [2.45, 2.75) is 27.4 Å². The Morgan fingerprint density at radius 2 is 2.00 bits per heavy atom. The molecule has 0 saturated carbocycles. The topological polar surface area (TPSA) is 50.9 Å². The summed E-state index contributed by atoms with van der Waals surface area (Å²) < 4.78 is 1.81. The summed E-state index contributed by atoms with van der Waals surface area (Å²) in [5.74, 6) is 1.63. The Hall–Kier alpha value is -1.68. The quantitative estimate of drug-likeness (QED) is 0.832. The lowest BCUT2D eigenvalue weighted by molar-refractivity contribution is 0.281. The van der Waals surface area contributed by atoms with Gasteiger partial charge in [0.25, 0.3) is 0 Å². The van der Waals surface area contributed by atoms with Gasteiger partial charge in [-0.1, -0.05) is 6.07 Å². The van der Waals surface area contributed by atoms with Crippen LogP contribution in [-0.4, -0.2) is 19.9 Å². The van der Waals surface area contributed by atoms with Crippen LogP contribution in [0.25, 0.3) is 5.69 Å². The molecular weight excluding hydrogens is 202 g/mol. The van der Waals surface area contributed by atoms with E-state index in [1.54, 1.807) is 0 Å². The number of aryl methyl sites for hydroxylation is 3. The molecule has 0 unspecified atom stereocenters. The van der Waals surface area contributed by atoms with Crippen LogP contribution in [0.15, 0.2) is 18.2 Å². The molecular formula is C12H15N3O. The number of aromatic nitrogens is 3. The van der Waals surface area contributed by atoms with E-state index in [2.05, 4.69) is 10.1 Å². The van der Waals surface area contributed by atoms with Gasteiger partial charge in [-0.3, -0.25) is 0 Å². The molecule has 0 aliphatic carbocycles. The molecule has 0 spiro atoms. The highest BCUT2D eigenvalue weighted by Gasteiger charge is 2.06. The molecule has 2 aromatic rings. The molecule has 4 nitrogen and oxygen atoms in total. The minimum absolute atomic E-state index is 0.0709. The normalized spacial score (nSPS) is 10.8. The van der Waals surface area contributed by atoms with Gasteiger partial charge in [-0.2, -0.15) is 5.10 Å². The van der Waals surface area contributed by atoms with Gasteiger partial charge in [0.05, 0.1) is 12.3 Å². The number of hydrogen-bond donors (Lipinski definition) is 1. The van der Waals surface area contributed by atoms with Gasteiger partial charge in [-0.05, 0) is 44.0 Å². The molecule has 0 saturated heterocycles. The molecule has 0 atom stereocenters. The second kappa shape index (κ2) is 4.06. The molecule has 1 aromatic carbocycles. The van der Waals surface area contributed by atoms with Gasteiger partial charge < -0.3 is 5.11 Å². The van der Waals surface area contributed by atoms with Gasteiger partial charge in [0.2, 0.25) is 0 Å². The summed E-state index contributed by atoms with van der Waals surface area (Å²) in [6, 6.07) is 5.87. The molecule has 16 heavy (non-hydrogen) atoms. The Morgan fingerprint density at radius 1 is 1.25 bits per heavy atom. The van der Waals surface area contributed by atoms with E-state index in [0.717, 1.165) is 28.5 Å². The van der Waals surface area contributed by atoms with Crippen LogP contribution in [0.1, 0.15) is 22.8 Å². The van der Waals surface area contributed by atoms with Crippen LogP contribution in [0, 0.1) is 20.8 Å². The highest BCUT2D eigenvalue weighted by Crippen LogP contribution is 2.15. The largest absolute Gasteiger partial charge is 0.392 e. The third-order valence-corrected chi connectivity index (χ3v) is 2.62. The number of aliphatic hydroxyl groups is 1. The lowest BCUT2D eigenvalue weighted by Gasteiger charge is -2.07. The van der Waals surface area contributed by atoms with E-state index in [1.165, 1.54) is 0 Å². The molecule has 0 aliphatic rings. The van der Waals surface area contributed by atoms with Crippen molar-refractivity contribution >= 4 is 0 Å². The Balaban J connectivity index is 2.49. The van der Waals surface area contributed by atoms with E-state index in [0.29, 0.717) is 0 Å². The van der Waals surface area contributed by atoms with Crippen LogP contribution in [0.4, 0.5) is 0 Å². The summed E-state index contributed by atoms with van der Waals surface area (Å²) in [5.41, 5.74) is 2.98. The Morgan fingerprint density at radius 3 is 2.50 bits per heavy atom. The molecule has 0 radical (unpaired) electrons. The first-order valence-electron chi connectivity index (χ1n) is 5.23. The lowest BCUT2D eigenvalue weighted by atomic mass is 10.1. The van der Waals surface area contributed by atoms with Crippen molar-refractivity contribution in [1.29, 1.82) is 0 Å². The van der Waals surface area contributed by atoms with Gasteiger partial charge in [-0.25, -0.2) is 9.67 Å². The van der Waals surface area contributed by atoms with E-state index < -0.39 is 0 Å². The van der Waals surface area contributed by atoms with E-state index in [4.69, 9.17) is 5.11 Å². The van der Waals surface area contributed by atoms with Gasteiger partial charge >= 0.3 is 0 Å². The maximum absolute atomic E-state index is 9.10. The molecule has 0 bridgehead atoms. The molecule has 1 aromatic heterocycles. The van der Waals surface area contributed by atoms with Gasteiger partial charge in [0.15, 0.2) is 0 Å². The van der Waals surface area contributed by atoms with Gasteiger partial charge in [0.1, 0.15) is 11.6 Å². The van der Waals surface area contributed by atoms with Crippen LogP contribution in [-0.2, 0) is 6.61 Å². The van der Waals surface area contributed by atoms with Crippen LogP contribution in [0.3, 0.4) is 0 Å². The number of hydrogen-bond acceptors (Lipinski definition) is 3. The summed E-state index contributed by atoms with van der Waals surface area (Å²) in [5, 5.41) is 13.4. The SMILES string of the molecule is Cc1nc(C)n(-c2ccc(CO)c(C)c2)n1. The third-order valence-electron chi connectivity index (χ3n) is 2.62. The highest BCUT2D eigenvalue weighted by molar-refractivity contribution is 5.39. The maximum atomic E-state index is 9.10. The van der Waals surface area contributed by atoms with Crippen LogP contribution < -0.4 is 0 Å². The van der Waals surface area contributed by atoms with Gasteiger partial charge in [-0.15, -0.1) is 0 Å². The predicted molar refractivity (Wildman–Crippen MR) is 61.5 cm³/mol. The van der Waals surface area contributed by atoms with Crippen molar-refractivity contribution in [3.05, 3.63) is 41.0 Å². The lowest BCUT2D eigenvalue weighted by Crippen LogP contribution is -2.01. The predicted octanol–water partition coefficient (Wildman–Crippen LogP) is 1.68. The zero-order chi connectivity index (χ0) is 11.7. The second-order valence-electron chi connectivity index (χ2n) is 3.89. The van der Waals surface area contributed by atoms with Crippen molar-refractivity contribution in [3.8, 4) is 5.69 Å². The number of nitrogens with zero attached hydrogens (tertiary/aromatic N) is 3. The molecule has 84 valence electrons. The van der Waals surface area contributed by atoms with E-state index in [-0.39, 0.29) is 6.61 Å². The zero-order valence-corrected chi connectivity index (χ0v) is 9.73. The molecule has 0 amide bonds. The molecule has 4 heteroatoms. The highest BCUT2D eigenvalue weighted by atomic mass is 16.3. The second-order valence-corrected chi connectivity index (χ2v) is 3.89. The fraction of sp³-hybridized carbons (Fsp3) is 0.333. The molecule has 2 rings (SSSR count). The molecule has 1 N–H and O–H groups in total. The summed E-state index contributed by atoms with van der Waals surface area (Å²) in [6.45, 7) is 5.85. The first kappa shape index (κ1) is 10.8.